The Morgan fingerprint density at radius 1 is 1.33 bits per heavy atom. The third-order valence-electron chi connectivity index (χ3n) is 3.17. The molecule has 0 aliphatic carbocycles. The molecule has 0 atom stereocenters. The third kappa shape index (κ3) is 4.03. The van der Waals surface area contributed by atoms with Crippen molar-refractivity contribution >= 4 is 17.7 Å². The van der Waals surface area contributed by atoms with Crippen molar-refractivity contribution in [2.24, 2.45) is 0 Å². The fourth-order valence-corrected chi connectivity index (χ4v) is 3.10. The predicted molar refractivity (Wildman–Crippen MR) is 74.4 cm³/mol. The van der Waals surface area contributed by atoms with Gasteiger partial charge in [-0.15, -0.1) is 11.8 Å². The molecular weight excluding hydrogens is 246 g/mol. The molecule has 1 aliphatic heterocycles. The van der Waals surface area contributed by atoms with E-state index in [4.69, 9.17) is 5.11 Å². The van der Waals surface area contributed by atoms with Gasteiger partial charge in [-0.25, -0.2) is 4.79 Å². The van der Waals surface area contributed by atoms with Gasteiger partial charge in [0.2, 0.25) is 0 Å². The number of carboxylic acids is 1. The topological polar surface area (TPSA) is 40.5 Å². The average molecular weight is 265 g/mol. The molecule has 0 unspecified atom stereocenters. The second kappa shape index (κ2) is 6.81. The molecule has 2 rings (SSSR count). The molecule has 1 aromatic rings. The van der Waals surface area contributed by atoms with Crippen molar-refractivity contribution in [1.82, 2.24) is 4.90 Å². The molecule has 1 aromatic carbocycles. The summed E-state index contributed by atoms with van der Waals surface area (Å²) in [6.07, 6.45) is 3.85. The number of rotatable bonds is 6. The smallest absolute Gasteiger partial charge is 0.335 e. The summed E-state index contributed by atoms with van der Waals surface area (Å²) in [4.78, 5) is 14.4. The zero-order valence-corrected chi connectivity index (χ0v) is 11.3. The molecule has 1 N–H and O–H groups in total. The van der Waals surface area contributed by atoms with Crippen molar-refractivity contribution in [2.75, 3.05) is 25.4 Å². The minimum atomic E-state index is -0.852. The second-order valence-electron chi connectivity index (χ2n) is 4.58. The normalized spacial score (nSPS) is 16.0. The molecule has 0 radical (unpaired) electrons. The Balaban J connectivity index is 1.72. The van der Waals surface area contributed by atoms with Crippen molar-refractivity contribution in [3.8, 4) is 0 Å². The number of carbonyl (C=O) groups is 1. The van der Waals surface area contributed by atoms with Crippen molar-refractivity contribution in [3.05, 3.63) is 29.8 Å². The number of thioether (sulfide) groups is 1. The van der Waals surface area contributed by atoms with Crippen LogP contribution in [0.15, 0.2) is 29.2 Å². The van der Waals surface area contributed by atoms with Crippen LogP contribution in [0.1, 0.15) is 29.6 Å². The predicted octanol–water partition coefficient (Wildman–Crippen LogP) is 2.96. The number of nitrogens with zero attached hydrogens (tertiary/aromatic N) is 1. The highest BCUT2D eigenvalue weighted by molar-refractivity contribution is 7.99. The molecule has 0 bridgehead atoms. The Morgan fingerprint density at radius 2 is 2.11 bits per heavy atom. The van der Waals surface area contributed by atoms with E-state index in [1.54, 1.807) is 23.9 Å². The zero-order valence-electron chi connectivity index (χ0n) is 10.5. The van der Waals surface area contributed by atoms with Gasteiger partial charge < -0.3 is 10.0 Å². The molecule has 18 heavy (non-hydrogen) atoms. The van der Waals surface area contributed by atoms with Gasteiger partial charge in [0.15, 0.2) is 0 Å². The van der Waals surface area contributed by atoms with Crippen LogP contribution in [0.25, 0.3) is 0 Å². The highest BCUT2D eigenvalue weighted by atomic mass is 32.2. The van der Waals surface area contributed by atoms with Crippen LogP contribution in [0.5, 0.6) is 0 Å². The Bertz CT molecular complexity index is 403. The van der Waals surface area contributed by atoms with Crippen LogP contribution in [-0.2, 0) is 0 Å². The van der Waals surface area contributed by atoms with Crippen LogP contribution < -0.4 is 0 Å². The lowest BCUT2D eigenvalue weighted by Crippen LogP contribution is -2.20. The van der Waals surface area contributed by atoms with Crippen LogP contribution >= 0.6 is 11.8 Å². The van der Waals surface area contributed by atoms with E-state index in [1.165, 1.54) is 38.9 Å². The van der Waals surface area contributed by atoms with Gasteiger partial charge >= 0.3 is 5.97 Å². The minimum absolute atomic E-state index is 0.375. The van der Waals surface area contributed by atoms with E-state index in [0.29, 0.717) is 5.56 Å². The lowest BCUT2D eigenvalue weighted by atomic mass is 10.2. The van der Waals surface area contributed by atoms with E-state index in [2.05, 4.69) is 4.90 Å². The summed E-state index contributed by atoms with van der Waals surface area (Å²) < 4.78 is 0. The maximum absolute atomic E-state index is 10.8. The van der Waals surface area contributed by atoms with E-state index in [-0.39, 0.29) is 0 Å². The van der Waals surface area contributed by atoms with Crippen molar-refractivity contribution < 1.29 is 9.90 Å². The SMILES string of the molecule is O=C(O)c1cccc(SCCCN2CCCC2)c1. The first-order valence-corrected chi connectivity index (χ1v) is 7.43. The molecule has 0 amide bonds. The summed E-state index contributed by atoms with van der Waals surface area (Å²) in [5.74, 6) is 0.203. The first kappa shape index (κ1) is 13.4. The lowest BCUT2D eigenvalue weighted by Gasteiger charge is -2.13. The summed E-state index contributed by atoms with van der Waals surface area (Å²) in [5, 5.41) is 8.91. The molecule has 1 fully saturated rings. The Hall–Kier alpha value is -1.00. The average Bonchev–Trinajstić information content (AvgIpc) is 2.88. The van der Waals surface area contributed by atoms with Crippen LogP contribution in [-0.4, -0.2) is 41.4 Å². The number of benzene rings is 1. The van der Waals surface area contributed by atoms with Crippen LogP contribution in [0.4, 0.5) is 0 Å². The summed E-state index contributed by atoms with van der Waals surface area (Å²) in [6.45, 7) is 3.67. The van der Waals surface area contributed by atoms with E-state index in [0.717, 1.165) is 10.6 Å². The van der Waals surface area contributed by atoms with E-state index in [1.807, 2.05) is 12.1 Å². The summed E-state index contributed by atoms with van der Waals surface area (Å²) in [6, 6.07) is 7.18. The summed E-state index contributed by atoms with van der Waals surface area (Å²) >= 11 is 1.75. The standard InChI is InChI=1S/C14H19NO2S/c16-14(17)12-5-3-6-13(11-12)18-10-4-9-15-7-1-2-8-15/h3,5-6,11H,1-2,4,7-10H2,(H,16,17). The first-order chi connectivity index (χ1) is 8.75. The van der Waals surface area contributed by atoms with Gasteiger partial charge in [-0.3, -0.25) is 0 Å². The van der Waals surface area contributed by atoms with Crippen LogP contribution in [0, 0.1) is 0 Å². The van der Waals surface area contributed by atoms with E-state index < -0.39 is 5.97 Å². The largest absolute Gasteiger partial charge is 0.478 e. The van der Waals surface area contributed by atoms with Crippen LogP contribution in [0.3, 0.4) is 0 Å². The minimum Gasteiger partial charge on any atom is -0.478 e. The molecule has 1 aliphatic rings. The van der Waals surface area contributed by atoms with Crippen molar-refractivity contribution in [1.29, 1.82) is 0 Å². The fraction of sp³-hybridized carbons (Fsp3) is 0.500. The molecular formula is C14H19NO2S. The van der Waals surface area contributed by atoms with Gasteiger partial charge in [0.1, 0.15) is 0 Å². The van der Waals surface area contributed by atoms with Gasteiger partial charge in [-0.2, -0.15) is 0 Å². The van der Waals surface area contributed by atoms with Gasteiger partial charge in [-0.1, -0.05) is 6.07 Å². The Kier molecular flexibility index (Phi) is 5.08. The Labute approximate surface area is 112 Å². The molecule has 0 spiro atoms. The van der Waals surface area contributed by atoms with Crippen molar-refractivity contribution in [3.63, 3.8) is 0 Å². The second-order valence-corrected chi connectivity index (χ2v) is 5.75. The Morgan fingerprint density at radius 3 is 2.83 bits per heavy atom. The number of likely N-dealkylation sites (tertiary alicyclic amines) is 1. The molecule has 0 saturated carbocycles. The first-order valence-electron chi connectivity index (χ1n) is 6.44. The monoisotopic (exact) mass is 265 g/mol. The van der Waals surface area contributed by atoms with Gasteiger partial charge in [0, 0.05) is 4.90 Å². The highest BCUT2D eigenvalue weighted by Crippen LogP contribution is 2.20. The molecule has 1 heterocycles. The van der Waals surface area contributed by atoms with Gasteiger partial charge in [0.05, 0.1) is 5.56 Å². The maximum atomic E-state index is 10.8. The maximum Gasteiger partial charge on any atom is 0.335 e. The highest BCUT2D eigenvalue weighted by Gasteiger charge is 2.10. The van der Waals surface area contributed by atoms with E-state index in [9.17, 15) is 4.79 Å². The number of hydrogen-bond acceptors (Lipinski definition) is 3. The third-order valence-corrected chi connectivity index (χ3v) is 4.25. The van der Waals surface area contributed by atoms with Gasteiger partial charge in [0.25, 0.3) is 0 Å². The lowest BCUT2D eigenvalue weighted by molar-refractivity contribution is 0.0696. The van der Waals surface area contributed by atoms with E-state index >= 15 is 0 Å². The molecule has 1 saturated heterocycles. The molecule has 3 nitrogen and oxygen atoms in total. The molecule has 98 valence electrons. The molecule has 0 aromatic heterocycles. The van der Waals surface area contributed by atoms with Crippen LogP contribution in [0.2, 0.25) is 0 Å². The number of carboxylic acid groups (broad SMARTS) is 1. The zero-order chi connectivity index (χ0) is 12.8. The van der Waals surface area contributed by atoms with Crippen molar-refractivity contribution in [2.45, 2.75) is 24.2 Å². The van der Waals surface area contributed by atoms with Gasteiger partial charge in [-0.05, 0) is 62.8 Å². The molecule has 4 heteroatoms. The summed E-state index contributed by atoms with van der Waals surface area (Å²) in [5.41, 5.74) is 0.375. The fourth-order valence-electron chi connectivity index (χ4n) is 2.20. The summed E-state index contributed by atoms with van der Waals surface area (Å²) in [7, 11) is 0. The quantitative estimate of drug-likeness (QED) is 0.634. The number of hydrogen-bond donors (Lipinski definition) is 1. The number of aromatic carboxylic acids is 1.